The third-order valence-corrected chi connectivity index (χ3v) is 3.81. The number of nitrogens with one attached hydrogen (secondary N) is 2. The van der Waals surface area contributed by atoms with Crippen molar-refractivity contribution in [3.63, 3.8) is 0 Å². The van der Waals surface area contributed by atoms with Gasteiger partial charge in [0.1, 0.15) is 5.82 Å². The molecule has 3 rings (SSSR count). The third kappa shape index (κ3) is 3.12. The van der Waals surface area contributed by atoms with Crippen molar-refractivity contribution in [3.8, 4) is 0 Å². The number of nitrogens with zero attached hydrogens (tertiary/aromatic N) is 1. The lowest BCUT2D eigenvalue weighted by molar-refractivity contribution is 0.0954. The average molecular weight is 314 g/mol. The number of hydrogen-bond acceptors (Lipinski definition) is 2. The highest BCUT2D eigenvalue weighted by atomic mass is 35.5. The van der Waals surface area contributed by atoms with Crippen LogP contribution in [-0.2, 0) is 6.42 Å². The quantitative estimate of drug-likeness (QED) is 0.774. The molecule has 0 saturated carbocycles. The Balaban J connectivity index is 1.62. The van der Waals surface area contributed by atoms with Crippen molar-refractivity contribution in [1.29, 1.82) is 0 Å². The summed E-state index contributed by atoms with van der Waals surface area (Å²) >= 11 is 6.01. The predicted molar refractivity (Wildman–Crippen MR) is 88.3 cm³/mol. The molecular formula is C17H16ClN3O. The van der Waals surface area contributed by atoms with Gasteiger partial charge in [-0.15, -0.1) is 0 Å². The van der Waals surface area contributed by atoms with Crippen LogP contribution in [0.5, 0.6) is 0 Å². The minimum Gasteiger partial charge on any atom is -0.352 e. The SMILES string of the molecule is Cc1nc2ccc(CCNC(=O)c3ccccc3Cl)cc2[nH]1. The number of amides is 1. The lowest BCUT2D eigenvalue weighted by Crippen LogP contribution is -2.25. The van der Waals surface area contributed by atoms with Crippen molar-refractivity contribution in [3.05, 3.63) is 64.4 Å². The largest absolute Gasteiger partial charge is 0.352 e. The van der Waals surface area contributed by atoms with Crippen LogP contribution < -0.4 is 5.32 Å². The number of aromatic nitrogens is 2. The van der Waals surface area contributed by atoms with E-state index in [1.165, 1.54) is 0 Å². The summed E-state index contributed by atoms with van der Waals surface area (Å²) < 4.78 is 0. The minimum absolute atomic E-state index is 0.149. The molecule has 2 N–H and O–H groups in total. The maximum Gasteiger partial charge on any atom is 0.252 e. The van der Waals surface area contributed by atoms with E-state index in [9.17, 15) is 4.79 Å². The second-order valence-corrected chi connectivity index (χ2v) is 5.57. The van der Waals surface area contributed by atoms with Gasteiger partial charge < -0.3 is 10.3 Å². The first kappa shape index (κ1) is 14.6. The molecule has 0 radical (unpaired) electrons. The Kier molecular flexibility index (Phi) is 4.11. The van der Waals surface area contributed by atoms with Crippen molar-refractivity contribution in [2.75, 3.05) is 6.54 Å². The van der Waals surface area contributed by atoms with Crippen molar-refractivity contribution >= 4 is 28.5 Å². The number of benzene rings is 2. The van der Waals surface area contributed by atoms with E-state index in [4.69, 9.17) is 11.6 Å². The van der Waals surface area contributed by atoms with Crippen molar-refractivity contribution in [1.82, 2.24) is 15.3 Å². The van der Waals surface area contributed by atoms with Crippen LogP contribution in [0.2, 0.25) is 5.02 Å². The maximum absolute atomic E-state index is 12.1. The molecule has 4 nitrogen and oxygen atoms in total. The van der Waals surface area contributed by atoms with Gasteiger partial charge >= 0.3 is 0 Å². The van der Waals surface area contributed by atoms with Gasteiger partial charge in [0.05, 0.1) is 21.6 Å². The summed E-state index contributed by atoms with van der Waals surface area (Å²) in [5, 5.41) is 3.36. The topological polar surface area (TPSA) is 57.8 Å². The van der Waals surface area contributed by atoms with Crippen LogP contribution in [0, 0.1) is 6.92 Å². The summed E-state index contributed by atoms with van der Waals surface area (Å²) in [7, 11) is 0. The molecule has 0 aliphatic heterocycles. The van der Waals surface area contributed by atoms with Gasteiger partial charge in [-0.25, -0.2) is 4.98 Å². The highest BCUT2D eigenvalue weighted by Gasteiger charge is 2.08. The molecule has 1 aromatic heterocycles. The van der Waals surface area contributed by atoms with E-state index in [-0.39, 0.29) is 5.91 Å². The lowest BCUT2D eigenvalue weighted by Gasteiger charge is -2.06. The van der Waals surface area contributed by atoms with E-state index in [1.54, 1.807) is 24.3 Å². The minimum atomic E-state index is -0.149. The number of rotatable bonds is 4. The number of hydrogen-bond donors (Lipinski definition) is 2. The Bertz CT molecular complexity index is 826. The first-order valence-electron chi connectivity index (χ1n) is 7.11. The number of imidazole rings is 1. The van der Waals surface area contributed by atoms with Gasteiger partial charge in [-0.05, 0) is 43.2 Å². The van der Waals surface area contributed by atoms with Crippen LogP contribution in [0.3, 0.4) is 0 Å². The number of carbonyl (C=O) groups is 1. The van der Waals surface area contributed by atoms with E-state index < -0.39 is 0 Å². The number of aryl methyl sites for hydroxylation is 1. The third-order valence-electron chi connectivity index (χ3n) is 3.48. The Labute approximate surface area is 133 Å². The van der Waals surface area contributed by atoms with Gasteiger partial charge in [0.25, 0.3) is 5.91 Å². The highest BCUT2D eigenvalue weighted by Crippen LogP contribution is 2.15. The van der Waals surface area contributed by atoms with E-state index >= 15 is 0 Å². The summed E-state index contributed by atoms with van der Waals surface area (Å²) in [5.74, 6) is 0.753. The van der Waals surface area contributed by atoms with Crippen LogP contribution in [0.15, 0.2) is 42.5 Å². The fourth-order valence-electron chi connectivity index (χ4n) is 2.40. The van der Waals surface area contributed by atoms with Gasteiger partial charge in [0.2, 0.25) is 0 Å². The fraction of sp³-hybridized carbons (Fsp3) is 0.176. The van der Waals surface area contributed by atoms with Crippen LogP contribution in [0.1, 0.15) is 21.7 Å². The first-order valence-corrected chi connectivity index (χ1v) is 7.49. The Morgan fingerprint density at radius 1 is 1.27 bits per heavy atom. The molecule has 1 heterocycles. The zero-order chi connectivity index (χ0) is 15.5. The zero-order valence-electron chi connectivity index (χ0n) is 12.2. The fourth-order valence-corrected chi connectivity index (χ4v) is 2.62. The molecule has 0 aliphatic carbocycles. The molecule has 5 heteroatoms. The normalized spacial score (nSPS) is 10.8. The van der Waals surface area contributed by atoms with Crippen LogP contribution in [0.25, 0.3) is 11.0 Å². The Hall–Kier alpha value is -2.33. The second-order valence-electron chi connectivity index (χ2n) is 5.16. The standard InChI is InChI=1S/C17H16ClN3O/c1-11-20-15-7-6-12(10-16(15)21-11)8-9-19-17(22)13-4-2-3-5-14(13)18/h2-7,10H,8-9H2,1H3,(H,19,22)(H,20,21). The summed E-state index contributed by atoms with van der Waals surface area (Å²) in [6.45, 7) is 2.49. The van der Waals surface area contributed by atoms with Gasteiger partial charge in [-0.2, -0.15) is 0 Å². The van der Waals surface area contributed by atoms with Gasteiger partial charge in [-0.3, -0.25) is 4.79 Å². The number of aromatic amines is 1. The number of halogens is 1. The highest BCUT2D eigenvalue weighted by molar-refractivity contribution is 6.33. The van der Waals surface area contributed by atoms with Gasteiger partial charge in [-0.1, -0.05) is 29.8 Å². The van der Waals surface area contributed by atoms with Crippen LogP contribution in [0.4, 0.5) is 0 Å². The number of carbonyl (C=O) groups excluding carboxylic acids is 1. The summed E-state index contributed by atoms with van der Waals surface area (Å²) in [4.78, 5) is 19.6. The Morgan fingerprint density at radius 3 is 2.91 bits per heavy atom. The molecule has 3 aromatic rings. The van der Waals surface area contributed by atoms with Crippen LogP contribution >= 0.6 is 11.6 Å². The molecule has 0 saturated heterocycles. The van der Waals surface area contributed by atoms with Crippen molar-refractivity contribution in [2.24, 2.45) is 0 Å². The molecule has 0 unspecified atom stereocenters. The average Bonchev–Trinajstić information content (AvgIpc) is 2.87. The summed E-state index contributed by atoms with van der Waals surface area (Å²) in [5.41, 5.74) is 3.63. The summed E-state index contributed by atoms with van der Waals surface area (Å²) in [6.07, 6.45) is 0.754. The molecule has 0 aliphatic rings. The second kappa shape index (κ2) is 6.20. The molecule has 0 bridgehead atoms. The van der Waals surface area contributed by atoms with Gasteiger partial charge in [0.15, 0.2) is 0 Å². The smallest absolute Gasteiger partial charge is 0.252 e. The van der Waals surface area contributed by atoms with E-state index in [2.05, 4.69) is 21.4 Å². The molecule has 1 amide bonds. The molecular weight excluding hydrogens is 298 g/mol. The van der Waals surface area contributed by atoms with E-state index in [0.29, 0.717) is 17.1 Å². The molecule has 0 spiro atoms. The molecule has 2 aromatic carbocycles. The van der Waals surface area contributed by atoms with Crippen LogP contribution in [-0.4, -0.2) is 22.4 Å². The lowest BCUT2D eigenvalue weighted by atomic mass is 10.1. The monoisotopic (exact) mass is 313 g/mol. The molecule has 0 atom stereocenters. The zero-order valence-corrected chi connectivity index (χ0v) is 12.9. The number of fused-ring (bicyclic) bond motifs is 1. The number of H-pyrrole nitrogens is 1. The van der Waals surface area contributed by atoms with Crippen molar-refractivity contribution in [2.45, 2.75) is 13.3 Å². The Morgan fingerprint density at radius 2 is 2.09 bits per heavy atom. The molecule has 112 valence electrons. The summed E-state index contributed by atoms with van der Waals surface area (Å²) in [6, 6.07) is 13.1. The molecule has 22 heavy (non-hydrogen) atoms. The van der Waals surface area contributed by atoms with E-state index in [0.717, 1.165) is 28.8 Å². The maximum atomic E-state index is 12.1. The molecule has 0 fully saturated rings. The van der Waals surface area contributed by atoms with Crippen molar-refractivity contribution < 1.29 is 4.79 Å². The predicted octanol–water partition coefficient (Wildman–Crippen LogP) is 3.50. The first-order chi connectivity index (χ1) is 10.6. The van der Waals surface area contributed by atoms with Gasteiger partial charge in [0, 0.05) is 6.54 Å². The van der Waals surface area contributed by atoms with E-state index in [1.807, 2.05) is 19.1 Å².